The van der Waals surface area contributed by atoms with Crippen molar-refractivity contribution in [3.05, 3.63) is 28.6 Å². The molecule has 1 aromatic heterocycles. The Morgan fingerprint density at radius 3 is 2.86 bits per heavy atom. The van der Waals surface area contributed by atoms with Crippen LogP contribution in [0.2, 0.25) is 0 Å². The molecule has 0 saturated carbocycles. The van der Waals surface area contributed by atoms with Crippen molar-refractivity contribution in [2.75, 3.05) is 5.73 Å². The zero-order valence-corrected chi connectivity index (χ0v) is 10.4. The van der Waals surface area contributed by atoms with Crippen LogP contribution in [0.1, 0.15) is 18.1 Å². The van der Waals surface area contributed by atoms with Gasteiger partial charge in [0.2, 0.25) is 0 Å². The van der Waals surface area contributed by atoms with Crippen LogP contribution in [-0.2, 0) is 11.8 Å². The highest BCUT2D eigenvalue weighted by Gasteiger charge is 2.08. The number of hydrogen-bond acceptors (Lipinski definition) is 2. The maximum absolute atomic E-state index is 6.09. The number of rotatable bonds is 2. The Bertz CT molecular complexity index is 462. The summed E-state index contributed by atoms with van der Waals surface area (Å²) >= 11 is 5.28. The van der Waals surface area contributed by atoms with Gasteiger partial charge in [-0.15, -0.1) is 11.3 Å². The van der Waals surface area contributed by atoms with Crippen molar-refractivity contribution in [3.63, 3.8) is 0 Å². The lowest BCUT2D eigenvalue weighted by molar-refractivity contribution is 1.14. The average Bonchev–Trinajstić information content (AvgIpc) is 2.68. The lowest BCUT2D eigenvalue weighted by atomic mass is 10.0. The van der Waals surface area contributed by atoms with Gasteiger partial charge in [-0.2, -0.15) is 0 Å². The van der Waals surface area contributed by atoms with E-state index in [4.69, 9.17) is 5.73 Å². The van der Waals surface area contributed by atoms with Gasteiger partial charge in [-0.3, -0.25) is 0 Å². The number of benzene rings is 1. The summed E-state index contributed by atoms with van der Waals surface area (Å²) in [5.74, 6) is 0. The topological polar surface area (TPSA) is 26.0 Å². The molecule has 0 radical (unpaired) electrons. The minimum Gasteiger partial charge on any atom is -0.398 e. The normalized spacial score (nSPS) is 11.0. The summed E-state index contributed by atoms with van der Waals surface area (Å²) in [5.41, 5.74) is 9.64. The molecule has 0 aliphatic heterocycles. The van der Waals surface area contributed by atoms with E-state index in [9.17, 15) is 0 Å². The third-order valence-corrected chi connectivity index (χ3v) is 4.06. The first-order valence-electron chi connectivity index (χ1n) is 4.61. The standard InChI is InChI=1S/C11H12BrNS/c1-2-7-5-8(6-12)11-9(10(7)13)3-4-14-11/h3-5H,2,6,13H2,1H3. The van der Waals surface area contributed by atoms with Crippen LogP contribution in [0.4, 0.5) is 5.69 Å². The number of nitrogens with two attached hydrogens (primary N) is 1. The van der Waals surface area contributed by atoms with E-state index >= 15 is 0 Å². The Hall–Kier alpha value is -0.540. The highest BCUT2D eigenvalue weighted by molar-refractivity contribution is 9.08. The quantitative estimate of drug-likeness (QED) is 0.649. The monoisotopic (exact) mass is 269 g/mol. The molecule has 0 spiro atoms. The number of hydrogen-bond donors (Lipinski definition) is 1. The van der Waals surface area contributed by atoms with Gasteiger partial charge in [-0.25, -0.2) is 0 Å². The fourth-order valence-corrected chi connectivity index (χ4v) is 3.24. The maximum atomic E-state index is 6.09. The molecule has 2 N–H and O–H groups in total. The van der Waals surface area contributed by atoms with Crippen molar-refractivity contribution < 1.29 is 0 Å². The van der Waals surface area contributed by atoms with E-state index in [0.29, 0.717) is 0 Å². The van der Waals surface area contributed by atoms with Gasteiger partial charge in [0, 0.05) is 21.1 Å². The van der Waals surface area contributed by atoms with E-state index in [1.165, 1.54) is 21.2 Å². The minimum atomic E-state index is 0.900. The van der Waals surface area contributed by atoms with E-state index in [2.05, 4.69) is 40.4 Å². The molecule has 0 aliphatic carbocycles. The van der Waals surface area contributed by atoms with Crippen LogP contribution in [0.25, 0.3) is 10.1 Å². The Balaban J connectivity index is 2.80. The molecule has 14 heavy (non-hydrogen) atoms. The molecule has 74 valence electrons. The fraction of sp³-hybridized carbons (Fsp3) is 0.273. The van der Waals surface area contributed by atoms with Crippen molar-refractivity contribution in [3.8, 4) is 0 Å². The van der Waals surface area contributed by atoms with Crippen LogP contribution < -0.4 is 5.73 Å². The Morgan fingerprint density at radius 2 is 2.21 bits per heavy atom. The van der Waals surface area contributed by atoms with Crippen molar-refractivity contribution in [1.82, 2.24) is 0 Å². The summed E-state index contributed by atoms with van der Waals surface area (Å²) in [6.45, 7) is 2.14. The Kier molecular flexibility index (Phi) is 2.79. The number of alkyl halides is 1. The number of fused-ring (bicyclic) bond motifs is 1. The van der Waals surface area contributed by atoms with Crippen molar-refractivity contribution in [2.45, 2.75) is 18.7 Å². The zero-order chi connectivity index (χ0) is 10.1. The highest BCUT2D eigenvalue weighted by atomic mass is 79.9. The van der Waals surface area contributed by atoms with Crippen LogP contribution in [0.5, 0.6) is 0 Å². The van der Waals surface area contributed by atoms with Crippen LogP contribution >= 0.6 is 27.3 Å². The van der Waals surface area contributed by atoms with Crippen molar-refractivity contribution in [2.24, 2.45) is 0 Å². The van der Waals surface area contributed by atoms with Gasteiger partial charge in [-0.05, 0) is 29.0 Å². The second kappa shape index (κ2) is 3.91. The summed E-state index contributed by atoms with van der Waals surface area (Å²) < 4.78 is 1.32. The third-order valence-electron chi connectivity index (χ3n) is 2.47. The minimum absolute atomic E-state index is 0.900. The fourth-order valence-electron chi connectivity index (χ4n) is 1.69. The second-order valence-corrected chi connectivity index (χ2v) is 4.74. The molecule has 0 saturated heterocycles. The van der Waals surface area contributed by atoms with Crippen molar-refractivity contribution in [1.29, 1.82) is 0 Å². The van der Waals surface area contributed by atoms with Gasteiger partial charge in [0.05, 0.1) is 0 Å². The van der Waals surface area contributed by atoms with Crippen LogP contribution in [0.15, 0.2) is 17.5 Å². The first-order valence-corrected chi connectivity index (χ1v) is 6.61. The first kappa shape index (κ1) is 9.99. The lowest BCUT2D eigenvalue weighted by Gasteiger charge is -2.07. The van der Waals surface area contributed by atoms with E-state index in [1.54, 1.807) is 11.3 Å². The van der Waals surface area contributed by atoms with Gasteiger partial charge in [-0.1, -0.05) is 28.9 Å². The van der Waals surface area contributed by atoms with Gasteiger partial charge < -0.3 is 5.73 Å². The predicted octanol–water partition coefficient (Wildman–Crippen LogP) is 3.94. The number of anilines is 1. The molecule has 1 nitrogen and oxygen atoms in total. The third kappa shape index (κ3) is 1.44. The van der Waals surface area contributed by atoms with Crippen LogP contribution in [-0.4, -0.2) is 0 Å². The summed E-state index contributed by atoms with van der Waals surface area (Å²) in [5, 5.41) is 4.22. The number of aryl methyl sites for hydroxylation is 1. The summed E-state index contributed by atoms with van der Waals surface area (Å²) in [7, 11) is 0. The molecule has 1 aromatic carbocycles. The molecule has 0 atom stereocenters. The molecule has 1 heterocycles. The van der Waals surface area contributed by atoms with E-state index in [1.807, 2.05) is 0 Å². The van der Waals surface area contributed by atoms with Gasteiger partial charge in [0.15, 0.2) is 0 Å². The Morgan fingerprint density at radius 1 is 1.43 bits per heavy atom. The van der Waals surface area contributed by atoms with Gasteiger partial charge >= 0.3 is 0 Å². The zero-order valence-electron chi connectivity index (χ0n) is 8.01. The summed E-state index contributed by atoms with van der Waals surface area (Å²) in [6, 6.07) is 4.32. The largest absolute Gasteiger partial charge is 0.398 e. The molecule has 0 unspecified atom stereocenters. The number of thiophene rings is 1. The molecule has 2 rings (SSSR count). The second-order valence-electron chi connectivity index (χ2n) is 3.26. The van der Waals surface area contributed by atoms with Gasteiger partial charge in [0.1, 0.15) is 0 Å². The molecule has 0 amide bonds. The molecule has 2 aromatic rings. The molecular formula is C11H12BrNS. The maximum Gasteiger partial charge on any atom is 0.0434 e. The molecule has 0 bridgehead atoms. The summed E-state index contributed by atoms with van der Waals surface area (Å²) in [4.78, 5) is 0. The molecule has 3 heteroatoms. The molecular weight excluding hydrogens is 258 g/mol. The van der Waals surface area contributed by atoms with Crippen LogP contribution in [0, 0.1) is 0 Å². The Labute approximate surface area is 96.1 Å². The summed E-state index contributed by atoms with van der Waals surface area (Å²) in [6.07, 6.45) is 0.998. The molecule has 0 fully saturated rings. The van der Waals surface area contributed by atoms with E-state index in [-0.39, 0.29) is 0 Å². The molecule has 0 aliphatic rings. The average molecular weight is 270 g/mol. The smallest absolute Gasteiger partial charge is 0.0434 e. The predicted molar refractivity (Wildman–Crippen MR) is 68.2 cm³/mol. The van der Waals surface area contributed by atoms with E-state index < -0.39 is 0 Å². The lowest BCUT2D eigenvalue weighted by Crippen LogP contribution is -1.95. The van der Waals surface area contributed by atoms with Crippen LogP contribution in [0.3, 0.4) is 0 Å². The van der Waals surface area contributed by atoms with Gasteiger partial charge in [0.25, 0.3) is 0 Å². The van der Waals surface area contributed by atoms with Crippen molar-refractivity contribution >= 4 is 43.0 Å². The first-order chi connectivity index (χ1) is 6.77. The highest BCUT2D eigenvalue weighted by Crippen LogP contribution is 2.33. The number of halogens is 1. The number of nitrogen functional groups attached to an aromatic ring is 1. The SMILES string of the molecule is CCc1cc(CBr)c2sccc2c1N. The van der Waals surface area contributed by atoms with E-state index in [0.717, 1.165) is 17.4 Å².